The van der Waals surface area contributed by atoms with Crippen LogP contribution in [0.2, 0.25) is 0 Å². The maximum absolute atomic E-state index is 12.1. The van der Waals surface area contributed by atoms with Gasteiger partial charge in [-0.25, -0.2) is 4.79 Å². The van der Waals surface area contributed by atoms with Crippen LogP contribution in [0.15, 0.2) is 42.5 Å². The molecule has 27 heavy (non-hydrogen) atoms. The first-order chi connectivity index (χ1) is 13.0. The molecule has 1 amide bonds. The monoisotopic (exact) mass is 371 g/mol. The van der Waals surface area contributed by atoms with E-state index in [1.165, 1.54) is 5.56 Å². The van der Waals surface area contributed by atoms with Crippen LogP contribution in [-0.4, -0.2) is 31.7 Å². The molecule has 0 unspecified atom stereocenters. The van der Waals surface area contributed by atoms with Crippen molar-refractivity contribution in [2.45, 2.75) is 27.2 Å². The van der Waals surface area contributed by atoms with Crippen molar-refractivity contribution in [1.82, 2.24) is 0 Å². The second-order valence-corrected chi connectivity index (χ2v) is 6.01. The maximum Gasteiger partial charge on any atom is 0.344 e. The molecule has 2 aromatic carbocycles. The Kier molecular flexibility index (Phi) is 7.67. The molecule has 0 aromatic heterocycles. The molecule has 0 saturated carbocycles. The second kappa shape index (κ2) is 10.2. The first kappa shape index (κ1) is 20.3. The van der Waals surface area contributed by atoms with Crippen LogP contribution in [0.4, 0.5) is 5.69 Å². The van der Waals surface area contributed by atoms with Crippen LogP contribution in [-0.2, 0) is 14.3 Å². The number of ether oxygens (including phenoxy) is 3. The number of carbonyl (C=O) groups is 2. The average Bonchev–Trinajstić information content (AvgIpc) is 2.63. The third-order valence-corrected chi connectivity index (χ3v) is 3.86. The number of aryl methyl sites for hydroxylation is 2. The van der Waals surface area contributed by atoms with Crippen molar-refractivity contribution >= 4 is 17.6 Å². The fraction of sp³-hybridized carbons (Fsp3) is 0.333. The number of hydrogen-bond donors (Lipinski definition) is 1. The van der Waals surface area contributed by atoms with Crippen LogP contribution in [0.5, 0.6) is 11.5 Å². The summed E-state index contributed by atoms with van der Waals surface area (Å²) in [5.41, 5.74) is 2.94. The summed E-state index contributed by atoms with van der Waals surface area (Å²) in [6.07, 6.45) is 0.223. The molecular formula is C21H25NO5. The molecule has 0 saturated heterocycles. The molecule has 0 aliphatic heterocycles. The lowest BCUT2D eigenvalue weighted by molar-refractivity contribution is -0.145. The average molecular weight is 371 g/mol. The number of hydrogen-bond acceptors (Lipinski definition) is 5. The van der Waals surface area contributed by atoms with Gasteiger partial charge in [-0.2, -0.15) is 0 Å². The fourth-order valence-electron chi connectivity index (χ4n) is 2.30. The zero-order valence-corrected chi connectivity index (χ0v) is 15.9. The minimum atomic E-state index is -0.435. The van der Waals surface area contributed by atoms with E-state index in [2.05, 4.69) is 5.32 Å². The van der Waals surface area contributed by atoms with E-state index >= 15 is 0 Å². The standard InChI is InChI=1S/C21H25NO5/c1-4-25-21(24)14-27-18-7-5-6-17(13-18)22-20(23)10-11-26-19-9-8-15(2)16(3)12-19/h5-9,12-13H,4,10-11,14H2,1-3H3,(H,22,23). The summed E-state index contributed by atoms with van der Waals surface area (Å²) in [6, 6.07) is 12.7. The van der Waals surface area contributed by atoms with Gasteiger partial charge in [0, 0.05) is 11.8 Å². The first-order valence-corrected chi connectivity index (χ1v) is 8.86. The summed E-state index contributed by atoms with van der Waals surface area (Å²) in [5.74, 6) is 0.629. The Morgan fingerprint density at radius 2 is 1.74 bits per heavy atom. The Morgan fingerprint density at radius 1 is 0.963 bits per heavy atom. The van der Waals surface area contributed by atoms with Gasteiger partial charge in [-0.1, -0.05) is 12.1 Å². The molecule has 1 N–H and O–H groups in total. The minimum absolute atomic E-state index is 0.165. The molecule has 0 bridgehead atoms. The number of esters is 1. The highest BCUT2D eigenvalue weighted by molar-refractivity contribution is 5.91. The highest BCUT2D eigenvalue weighted by Crippen LogP contribution is 2.18. The molecule has 2 rings (SSSR count). The van der Waals surface area contributed by atoms with E-state index in [0.29, 0.717) is 18.0 Å². The van der Waals surface area contributed by atoms with E-state index < -0.39 is 5.97 Å². The molecule has 0 atom stereocenters. The van der Waals surface area contributed by atoms with Gasteiger partial charge in [-0.3, -0.25) is 4.79 Å². The number of carbonyl (C=O) groups excluding carboxylic acids is 2. The predicted octanol–water partition coefficient (Wildman–Crippen LogP) is 3.65. The first-order valence-electron chi connectivity index (χ1n) is 8.86. The number of rotatable bonds is 9. The molecule has 0 aliphatic carbocycles. The lowest BCUT2D eigenvalue weighted by Gasteiger charge is -2.10. The molecule has 0 fully saturated rings. The molecule has 0 radical (unpaired) electrons. The second-order valence-electron chi connectivity index (χ2n) is 6.01. The van der Waals surface area contributed by atoms with Crippen molar-refractivity contribution in [1.29, 1.82) is 0 Å². The predicted molar refractivity (Wildman–Crippen MR) is 103 cm³/mol. The number of amides is 1. The Hall–Kier alpha value is -3.02. The van der Waals surface area contributed by atoms with Gasteiger partial charge >= 0.3 is 5.97 Å². The third-order valence-electron chi connectivity index (χ3n) is 3.86. The summed E-state index contributed by atoms with van der Waals surface area (Å²) >= 11 is 0. The summed E-state index contributed by atoms with van der Waals surface area (Å²) < 4.78 is 15.8. The Balaban J connectivity index is 1.78. The number of benzene rings is 2. The van der Waals surface area contributed by atoms with Crippen molar-refractivity contribution in [2.24, 2.45) is 0 Å². The molecule has 6 nitrogen and oxygen atoms in total. The Bertz CT molecular complexity index is 788. The SMILES string of the molecule is CCOC(=O)COc1cccc(NC(=O)CCOc2ccc(C)c(C)c2)c1. The summed E-state index contributed by atoms with van der Waals surface area (Å²) in [4.78, 5) is 23.4. The van der Waals surface area contributed by atoms with Crippen molar-refractivity contribution in [3.05, 3.63) is 53.6 Å². The molecule has 0 heterocycles. The van der Waals surface area contributed by atoms with Gasteiger partial charge < -0.3 is 19.5 Å². The number of anilines is 1. The molecule has 0 aliphatic rings. The van der Waals surface area contributed by atoms with Gasteiger partial charge in [-0.15, -0.1) is 0 Å². The van der Waals surface area contributed by atoms with Gasteiger partial charge in [0.1, 0.15) is 11.5 Å². The lowest BCUT2D eigenvalue weighted by Crippen LogP contribution is -2.16. The molecule has 0 spiro atoms. The van der Waals surface area contributed by atoms with Crippen molar-refractivity contribution in [2.75, 3.05) is 25.1 Å². The van der Waals surface area contributed by atoms with Crippen LogP contribution in [0.1, 0.15) is 24.5 Å². The van der Waals surface area contributed by atoms with Crippen molar-refractivity contribution in [3.63, 3.8) is 0 Å². The van der Waals surface area contributed by atoms with E-state index in [1.54, 1.807) is 31.2 Å². The normalized spacial score (nSPS) is 10.2. The van der Waals surface area contributed by atoms with Crippen LogP contribution in [0.25, 0.3) is 0 Å². The lowest BCUT2D eigenvalue weighted by atomic mass is 10.1. The largest absolute Gasteiger partial charge is 0.493 e. The summed E-state index contributed by atoms with van der Waals surface area (Å²) in [6.45, 7) is 6.21. The Labute approximate surface area is 159 Å². The van der Waals surface area contributed by atoms with E-state index in [1.807, 2.05) is 32.0 Å². The van der Waals surface area contributed by atoms with Gasteiger partial charge in [0.15, 0.2) is 6.61 Å². The highest BCUT2D eigenvalue weighted by Gasteiger charge is 2.07. The smallest absolute Gasteiger partial charge is 0.344 e. The van der Waals surface area contributed by atoms with Gasteiger partial charge in [0.05, 0.1) is 19.6 Å². The van der Waals surface area contributed by atoms with Gasteiger partial charge in [0.2, 0.25) is 5.91 Å². The molecule has 144 valence electrons. The van der Waals surface area contributed by atoms with Crippen molar-refractivity contribution in [3.8, 4) is 11.5 Å². The Morgan fingerprint density at radius 3 is 2.48 bits per heavy atom. The minimum Gasteiger partial charge on any atom is -0.493 e. The van der Waals surface area contributed by atoms with Gasteiger partial charge in [-0.05, 0) is 56.2 Å². The van der Waals surface area contributed by atoms with Crippen LogP contribution in [0, 0.1) is 13.8 Å². The summed E-state index contributed by atoms with van der Waals surface area (Å²) in [7, 11) is 0. The fourth-order valence-corrected chi connectivity index (χ4v) is 2.30. The van der Waals surface area contributed by atoms with Gasteiger partial charge in [0.25, 0.3) is 0 Å². The molecular weight excluding hydrogens is 346 g/mol. The highest BCUT2D eigenvalue weighted by atomic mass is 16.6. The third kappa shape index (κ3) is 7.01. The quantitative estimate of drug-likeness (QED) is 0.681. The van der Waals surface area contributed by atoms with Crippen LogP contribution < -0.4 is 14.8 Å². The van der Waals surface area contributed by atoms with Crippen LogP contribution in [0.3, 0.4) is 0 Å². The summed E-state index contributed by atoms with van der Waals surface area (Å²) in [5, 5.41) is 2.79. The topological polar surface area (TPSA) is 73.9 Å². The van der Waals surface area contributed by atoms with E-state index in [0.717, 1.165) is 11.3 Å². The molecule has 2 aromatic rings. The maximum atomic E-state index is 12.1. The van der Waals surface area contributed by atoms with E-state index in [4.69, 9.17) is 14.2 Å². The number of nitrogens with one attached hydrogen (secondary N) is 1. The zero-order valence-electron chi connectivity index (χ0n) is 15.9. The van der Waals surface area contributed by atoms with Crippen LogP contribution >= 0.6 is 0 Å². The van der Waals surface area contributed by atoms with E-state index in [9.17, 15) is 9.59 Å². The van der Waals surface area contributed by atoms with Crippen molar-refractivity contribution < 1.29 is 23.8 Å². The molecule has 6 heteroatoms. The van der Waals surface area contributed by atoms with E-state index in [-0.39, 0.29) is 25.5 Å². The zero-order chi connectivity index (χ0) is 19.6.